The summed E-state index contributed by atoms with van der Waals surface area (Å²) in [4.78, 5) is 31.7. The maximum Gasteiger partial charge on any atom is 0.173 e. The van der Waals surface area contributed by atoms with Crippen LogP contribution < -0.4 is 0 Å². The molecule has 0 aromatic rings. The van der Waals surface area contributed by atoms with E-state index in [-0.39, 0.29) is 35.1 Å². The minimum absolute atomic E-state index is 0.0104. The van der Waals surface area contributed by atoms with Crippen molar-refractivity contribution >= 4 is 17.3 Å². The molecule has 168 valence electrons. The Balaban J connectivity index is 1.52. The zero-order valence-corrected chi connectivity index (χ0v) is 19.1. The Morgan fingerprint density at radius 1 is 1.17 bits per heavy atom. The van der Waals surface area contributed by atoms with Gasteiger partial charge >= 0.3 is 0 Å². The first-order chi connectivity index (χ1) is 14.2. The van der Waals surface area contributed by atoms with E-state index in [2.05, 4.69) is 25.9 Å². The van der Waals surface area contributed by atoms with Crippen LogP contribution in [-0.4, -0.2) is 29.6 Å². The number of hydrogen-bond donors (Lipinski definition) is 0. The lowest BCUT2D eigenvalue weighted by Gasteiger charge is -2.58. The number of Topliss-reactive ketones (excluding diaryl/α,β-unsaturated/α-hetero) is 2. The molecule has 5 heteroatoms. The van der Waals surface area contributed by atoms with Crippen LogP contribution in [0.3, 0.4) is 0 Å². The molecule has 4 aliphatic rings. The van der Waals surface area contributed by atoms with Gasteiger partial charge in [0.25, 0.3) is 0 Å². The molecular weight excluding hydrogens is 381 g/mol. The molecule has 4 aliphatic carbocycles. The largest absolute Gasteiger partial charge is 0.393 e. The van der Waals surface area contributed by atoms with Crippen molar-refractivity contribution in [1.29, 1.82) is 0 Å². The first-order valence-electron chi connectivity index (χ1n) is 12.2. The smallest absolute Gasteiger partial charge is 0.173 e. The monoisotopic (exact) mass is 419 g/mol. The molecule has 0 aliphatic heterocycles. The van der Waals surface area contributed by atoms with E-state index in [4.69, 9.17) is 4.84 Å². The predicted molar refractivity (Wildman–Crippen MR) is 115 cm³/mol. The van der Waals surface area contributed by atoms with Crippen molar-refractivity contribution in [2.45, 2.75) is 104 Å². The lowest BCUT2D eigenvalue weighted by atomic mass is 9.45. The molecular formula is C25H38FNO3. The second-order valence-electron chi connectivity index (χ2n) is 10.9. The molecule has 8 atom stereocenters. The van der Waals surface area contributed by atoms with Crippen molar-refractivity contribution in [2.75, 3.05) is 0 Å². The number of carbonyl (C=O) groups excluding carboxylic acids is 2. The summed E-state index contributed by atoms with van der Waals surface area (Å²) in [5.41, 5.74) is 0.401. The summed E-state index contributed by atoms with van der Waals surface area (Å²) in [6.07, 6.45) is 6.90. The topological polar surface area (TPSA) is 55.7 Å². The number of fused-ring (bicyclic) bond motifs is 5. The average molecular weight is 420 g/mol. The van der Waals surface area contributed by atoms with Crippen LogP contribution in [0.2, 0.25) is 0 Å². The zero-order valence-electron chi connectivity index (χ0n) is 19.1. The Kier molecular flexibility index (Phi) is 5.87. The number of ketones is 2. The van der Waals surface area contributed by atoms with Gasteiger partial charge in [0.1, 0.15) is 11.9 Å². The van der Waals surface area contributed by atoms with Crippen LogP contribution >= 0.6 is 0 Å². The van der Waals surface area contributed by atoms with Gasteiger partial charge in [-0.3, -0.25) is 9.59 Å². The minimum atomic E-state index is -1.34. The van der Waals surface area contributed by atoms with Crippen LogP contribution in [0.4, 0.5) is 4.39 Å². The third-order valence-corrected chi connectivity index (χ3v) is 9.39. The van der Waals surface area contributed by atoms with Gasteiger partial charge in [-0.05, 0) is 74.5 Å². The molecule has 0 bridgehead atoms. The predicted octanol–water partition coefficient (Wildman–Crippen LogP) is 5.68. The van der Waals surface area contributed by atoms with Gasteiger partial charge in [-0.1, -0.05) is 39.3 Å². The molecule has 4 saturated carbocycles. The summed E-state index contributed by atoms with van der Waals surface area (Å²) in [6, 6.07) is 0. The molecule has 4 rings (SSSR count). The lowest BCUT2D eigenvalue weighted by molar-refractivity contribution is -0.152. The van der Waals surface area contributed by atoms with E-state index in [0.717, 1.165) is 50.7 Å². The van der Waals surface area contributed by atoms with E-state index in [1.165, 1.54) is 0 Å². The van der Waals surface area contributed by atoms with Crippen molar-refractivity contribution in [3.8, 4) is 0 Å². The number of halogens is 1. The highest BCUT2D eigenvalue weighted by molar-refractivity contribution is 5.94. The van der Waals surface area contributed by atoms with Gasteiger partial charge in [0.2, 0.25) is 0 Å². The Morgan fingerprint density at radius 3 is 2.63 bits per heavy atom. The maximum absolute atomic E-state index is 14.4. The summed E-state index contributed by atoms with van der Waals surface area (Å²) in [5, 5.41) is 4.49. The van der Waals surface area contributed by atoms with Crippen molar-refractivity contribution in [3.63, 3.8) is 0 Å². The summed E-state index contributed by atoms with van der Waals surface area (Å²) >= 11 is 0. The van der Waals surface area contributed by atoms with Crippen LogP contribution in [0.25, 0.3) is 0 Å². The molecule has 0 aromatic carbocycles. The first-order valence-corrected chi connectivity index (χ1v) is 12.2. The third kappa shape index (κ3) is 3.35. The second-order valence-corrected chi connectivity index (χ2v) is 10.9. The lowest BCUT2D eigenvalue weighted by Crippen LogP contribution is -2.56. The fourth-order valence-electron chi connectivity index (χ4n) is 7.48. The molecule has 4 fully saturated rings. The van der Waals surface area contributed by atoms with Gasteiger partial charge in [0, 0.05) is 17.8 Å². The summed E-state index contributed by atoms with van der Waals surface area (Å²) < 4.78 is 14.4. The number of carbonyl (C=O) groups is 2. The first kappa shape index (κ1) is 22.0. The van der Waals surface area contributed by atoms with E-state index in [1.54, 1.807) is 0 Å². The van der Waals surface area contributed by atoms with Gasteiger partial charge < -0.3 is 4.84 Å². The van der Waals surface area contributed by atoms with Crippen LogP contribution in [0.1, 0.15) is 91.9 Å². The highest BCUT2D eigenvalue weighted by Gasteiger charge is 2.64. The summed E-state index contributed by atoms with van der Waals surface area (Å²) in [5.74, 6) is 0.666. The number of oxime groups is 1. The molecule has 0 radical (unpaired) electrons. The number of hydrogen-bond acceptors (Lipinski definition) is 4. The Labute approximate surface area is 180 Å². The van der Waals surface area contributed by atoms with E-state index in [9.17, 15) is 14.0 Å². The molecule has 0 heterocycles. The highest BCUT2D eigenvalue weighted by Crippen LogP contribution is 2.64. The molecule has 30 heavy (non-hydrogen) atoms. The van der Waals surface area contributed by atoms with Crippen molar-refractivity contribution < 1.29 is 18.8 Å². The van der Waals surface area contributed by atoms with Gasteiger partial charge in [-0.25, -0.2) is 4.39 Å². The second kappa shape index (κ2) is 8.02. The van der Waals surface area contributed by atoms with E-state index >= 15 is 0 Å². The van der Waals surface area contributed by atoms with Gasteiger partial charge in [-0.2, -0.15) is 0 Å². The number of alkyl halides is 1. The third-order valence-electron chi connectivity index (χ3n) is 9.39. The Morgan fingerprint density at radius 2 is 1.93 bits per heavy atom. The van der Waals surface area contributed by atoms with Crippen LogP contribution in [0, 0.1) is 34.5 Å². The molecule has 0 aromatic heterocycles. The van der Waals surface area contributed by atoms with E-state index in [1.807, 2.05) is 6.92 Å². The molecule has 0 spiro atoms. The van der Waals surface area contributed by atoms with E-state index < -0.39 is 11.6 Å². The molecule has 4 unspecified atom stereocenters. The average Bonchev–Trinajstić information content (AvgIpc) is 2.96. The maximum atomic E-state index is 14.4. The van der Waals surface area contributed by atoms with Crippen molar-refractivity contribution in [2.24, 2.45) is 39.7 Å². The number of nitrogens with zero attached hydrogens (tertiary/aromatic N) is 1. The van der Waals surface area contributed by atoms with Gasteiger partial charge in [-0.15, -0.1) is 0 Å². The molecule has 4 nitrogen and oxygen atoms in total. The van der Waals surface area contributed by atoms with Gasteiger partial charge in [0.15, 0.2) is 12.0 Å². The van der Waals surface area contributed by atoms with Crippen molar-refractivity contribution in [1.82, 2.24) is 0 Å². The fourth-order valence-corrected chi connectivity index (χ4v) is 7.48. The zero-order chi connectivity index (χ0) is 21.7. The quantitative estimate of drug-likeness (QED) is 0.539. The molecule has 0 amide bonds. The fraction of sp³-hybridized carbons (Fsp3) is 0.880. The molecule has 0 saturated heterocycles. The van der Waals surface area contributed by atoms with Crippen LogP contribution in [-0.2, 0) is 14.4 Å². The Hall–Kier alpha value is -1.26. The normalized spacial score (nSPS) is 45.6. The van der Waals surface area contributed by atoms with Crippen LogP contribution in [0.15, 0.2) is 5.16 Å². The molecule has 0 N–H and O–H groups in total. The van der Waals surface area contributed by atoms with Gasteiger partial charge in [0.05, 0.1) is 5.71 Å². The van der Waals surface area contributed by atoms with Crippen LogP contribution in [0.5, 0.6) is 0 Å². The SMILES string of the molecule is CCC[C@@H](CC)ON=C1CC[C@@]2(C)C(C1)C(=O)CC1C2CC[C@]2(C)C(=O)[C@H](F)CC12. The standard InChI is InChI=1S/C25H38FNO3/c1-5-7-16(6-2)30-27-15-8-10-24(3)18-9-11-25(4)19(14-21(26)23(25)29)17(18)13-22(28)20(24)12-15/h16-21H,5-14H2,1-4H3/t16-,17?,18?,19?,20?,21-,24-,25+/m1/s1. The van der Waals surface area contributed by atoms with Crippen molar-refractivity contribution in [3.05, 3.63) is 0 Å². The Bertz CT molecular complexity index is 736. The summed E-state index contributed by atoms with van der Waals surface area (Å²) in [7, 11) is 0. The van der Waals surface area contributed by atoms with E-state index in [0.29, 0.717) is 31.0 Å². The minimum Gasteiger partial charge on any atom is -0.393 e. The number of rotatable bonds is 5. The highest BCUT2D eigenvalue weighted by atomic mass is 19.1. The summed E-state index contributed by atoms with van der Waals surface area (Å²) in [6.45, 7) is 8.51.